The maximum Gasteiger partial charge on any atom is 0.222 e. The van der Waals surface area contributed by atoms with Crippen LogP contribution in [0.1, 0.15) is 36.8 Å². The highest BCUT2D eigenvalue weighted by atomic mass is 35.5. The van der Waals surface area contributed by atoms with Crippen LogP contribution in [0.4, 0.5) is 0 Å². The Morgan fingerprint density at radius 2 is 1.89 bits per heavy atom. The zero-order chi connectivity index (χ0) is 24.8. The lowest BCUT2D eigenvalue weighted by Gasteiger charge is -2.12. The van der Waals surface area contributed by atoms with Crippen molar-refractivity contribution in [3.63, 3.8) is 0 Å². The van der Waals surface area contributed by atoms with Gasteiger partial charge < -0.3 is 14.8 Å². The fraction of sp³-hybridized carbons (Fsp3) is 0.345. The van der Waals surface area contributed by atoms with Gasteiger partial charge in [-0.05, 0) is 67.6 Å². The van der Waals surface area contributed by atoms with E-state index in [-0.39, 0.29) is 5.41 Å². The van der Waals surface area contributed by atoms with Crippen molar-refractivity contribution in [3.8, 4) is 11.9 Å². The average Bonchev–Trinajstić information content (AvgIpc) is 3.71. The molecule has 7 heteroatoms. The molecule has 1 aliphatic rings. The first-order valence-corrected chi connectivity index (χ1v) is 12.8. The Morgan fingerprint density at radius 3 is 2.75 bits per heavy atom. The van der Waals surface area contributed by atoms with Gasteiger partial charge >= 0.3 is 0 Å². The van der Waals surface area contributed by atoms with Gasteiger partial charge in [-0.25, -0.2) is 4.98 Å². The molecule has 2 aromatic heterocycles. The quantitative estimate of drug-likeness (QED) is 0.191. The van der Waals surface area contributed by atoms with E-state index in [0.717, 1.165) is 71.6 Å². The van der Waals surface area contributed by atoms with Gasteiger partial charge in [-0.1, -0.05) is 35.9 Å². The topological polar surface area (TPSA) is 80.1 Å². The molecule has 0 saturated heterocycles. The zero-order valence-corrected chi connectivity index (χ0v) is 20.9. The second-order valence-electron chi connectivity index (χ2n) is 9.24. The molecule has 0 spiro atoms. The van der Waals surface area contributed by atoms with Crippen LogP contribution in [-0.2, 0) is 16.7 Å². The predicted octanol–water partition coefficient (Wildman–Crippen LogP) is 5.96. The molecule has 2 aromatic carbocycles. The van der Waals surface area contributed by atoms with Gasteiger partial charge in [-0.3, -0.25) is 4.98 Å². The Hall–Kier alpha value is -3.24. The minimum Gasteiger partial charge on any atom is -0.475 e. The lowest BCUT2D eigenvalue weighted by Crippen LogP contribution is -2.16. The molecule has 0 aliphatic heterocycles. The Kier molecular flexibility index (Phi) is 7.62. The third kappa shape index (κ3) is 5.60. The van der Waals surface area contributed by atoms with Gasteiger partial charge in [-0.2, -0.15) is 5.26 Å². The molecule has 0 bridgehead atoms. The number of ether oxygens (including phenoxy) is 2. The molecule has 1 N–H and O–H groups in total. The molecular weight excluding hydrogens is 472 g/mol. The van der Waals surface area contributed by atoms with E-state index in [4.69, 9.17) is 26.1 Å². The second-order valence-corrected chi connectivity index (χ2v) is 9.68. The number of nitriles is 1. The molecule has 0 radical (unpaired) electrons. The number of nitrogens with one attached hydrogen (secondary N) is 1. The number of fused-ring (bicyclic) bond motifs is 3. The Labute approximate surface area is 216 Å². The largest absolute Gasteiger partial charge is 0.475 e. The molecule has 0 amide bonds. The summed E-state index contributed by atoms with van der Waals surface area (Å²) in [5, 5.41) is 16.7. The monoisotopic (exact) mass is 500 g/mol. The van der Waals surface area contributed by atoms with Crippen LogP contribution in [0.2, 0.25) is 5.02 Å². The fourth-order valence-corrected chi connectivity index (χ4v) is 4.74. The molecule has 6 nitrogen and oxygen atoms in total. The summed E-state index contributed by atoms with van der Waals surface area (Å²) in [5.74, 6) is 0.616. The van der Waals surface area contributed by atoms with Crippen molar-refractivity contribution in [1.82, 2.24) is 15.3 Å². The van der Waals surface area contributed by atoms with Crippen molar-refractivity contribution < 1.29 is 9.47 Å². The summed E-state index contributed by atoms with van der Waals surface area (Å²) < 4.78 is 11.7. The minimum absolute atomic E-state index is 0.310. The highest BCUT2D eigenvalue weighted by Crippen LogP contribution is 2.48. The molecule has 1 saturated carbocycles. The van der Waals surface area contributed by atoms with Crippen LogP contribution in [0.15, 0.2) is 60.9 Å². The van der Waals surface area contributed by atoms with E-state index in [1.807, 2.05) is 42.6 Å². The van der Waals surface area contributed by atoms with Gasteiger partial charge in [0.15, 0.2) is 0 Å². The molecule has 0 unspecified atom stereocenters. The Bertz CT molecular complexity index is 1400. The van der Waals surface area contributed by atoms with Crippen molar-refractivity contribution in [2.24, 2.45) is 0 Å². The number of nitrogens with zero attached hydrogens (tertiary/aromatic N) is 3. The average molecular weight is 501 g/mol. The lowest BCUT2D eigenvalue weighted by atomic mass is 9.96. The van der Waals surface area contributed by atoms with Crippen LogP contribution in [0, 0.1) is 11.3 Å². The first-order valence-electron chi connectivity index (χ1n) is 12.4. The number of para-hydroxylation sites is 1. The van der Waals surface area contributed by atoms with Gasteiger partial charge in [-0.15, -0.1) is 0 Å². The van der Waals surface area contributed by atoms with E-state index in [1.54, 1.807) is 6.20 Å². The van der Waals surface area contributed by atoms with E-state index in [2.05, 4.69) is 28.5 Å². The van der Waals surface area contributed by atoms with E-state index in [9.17, 15) is 5.26 Å². The van der Waals surface area contributed by atoms with Gasteiger partial charge in [0.2, 0.25) is 5.88 Å². The fourth-order valence-electron chi connectivity index (χ4n) is 4.48. The van der Waals surface area contributed by atoms with Crippen LogP contribution in [0.3, 0.4) is 0 Å². The van der Waals surface area contributed by atoms with Crippen molar-refractivity contribution in [1.29, 1.82) is 5.26 Å². The highest BCUT2D eigenvalue weighted by Gasteiger charge is 2.45. The van der Waals surface area contributed by atoms with Crippen molar-refractivity contribution in [2.75, 3.05) is 26.4 Å². The highest BCUT2D eigenvalue weighted by molar-refractivity contribution is 6.30. The number of hydrogen-bond donors (Lipinski definition) is 1. The van der Waals surface area contributed by atoms with Crippen LogP contribution in [0.5, 0.6) is 5.88 Å². The standard InChI is InChI=1S/C29H29ClN4O2/c30-23-16-21(15-22(17-23)29(20-31)8-9-29)18-32-10-3-4-12-35-13-14-36-28-25-7-11-33-19-26(25)24-5-1-2-6-27(24)34-28/h1-2,5-7,11,15-17,19,32H,3-4,8-10,12-14,18H2. The number of pyridine rings is 2. The van der Waals surface area contributed by atoms with E-state index >= 15 is 0 Å². The molecule has 4 aromatic rings. The number of hydrogen-bond acceptors (Lipinski definition) is 6. The van der Waals surface area contributed by atoms with Crippen molar-refractivity contribution in [2.45, 2.75) is 37.6 Å². The van der Waals surface area contributed by atoms with Crippen LogP contribution < -0.4 is 10.1 Å². The van der Waals surface area contributed by atoms with Crippen molar-refractivity contribution >= 4 is 33.3 Å². The summed E-state index contributed by atoms with van der Waals surface area (Å²) in [7, 11) is 0. The third-order valence-corrected chi connectivity index (χ3v) is 6.85. The van der Waals surface area contributed by atoms with Crippen LogP contribution in [-0.4, -0.2) is 36.3 Å². The van der Waals surface area contributed by atoms with Crippen LogP contribution >= 0.6 is 11.6 Å². The van der Waals surface area contributed by atoms with Crippen molar-refractivity contribution in [3.05, 3.63) is 77.1 Å². The Balaban J connectivity index is 1.00. The summed E-state index contributed by atoms with van der Waals surface area (Å²) >= 11 is 6.29. The van der Waals surface area contributed by atoms with Gasteiger partial charge in [0, 0.05) is 46.7 Å². The smallest absolute Gasteiger partial charge is 0.222 e. The van der Waals surface area contributed by atoms with Gasteiger partial charge in [0.05, 0.1) is 23.6 Å². The number of halogens is 1. The summed E-state index contributed by atoms with van der Waals surface area (Å²) in [5.41, 5.74) is 2.76. The molecule has 0 atom stereocenters. The van der Waals surface area contributed by atoms with Crippen LogP contribution in [0.25, 0.3) is 21.7 Å². The number of unbranched alkanes of at least 4 members (excludes halogenated alkanes) is 1. The molecule has 184 valence electrons. The number of benzene rings is 2. The summed E-state index contributed by atoms with van der Waals surface area (Å²) in [6.07, 6.45) is 7.45. The molecule has 2 heterocycles. The molecule has 1 aliphatic carbocycles. The van der Waals surface area contributed by atoms with E-state index in [0.29, 0.717) is 30.7 Å². The lowest BCUT2D eigenvalue weighted by molar-refractivity contribution is 0.0966. The van der Waals surface area contributed by atoms with E-state index < -0.39 is 0 Å². The SMILES string of the molecule is N#CC1(c2cc(Cl)cc(CNCCCCOCCOc3nc4ccccc4c4cnccc34)c2)CC1. The van der Waals surface area contributed by atoms with Gasteiger partial charge in [0.1, 0.15) is 6.61 Å². The number of rotatable bonds is 12. The summed E-state index contributed by atoms with van der Waals surface area (Å²) in [6.45, 7) is 3.29. The van der Waals surface area contributed by atoms with E-state index in [1.165, 1.54) is 0 Å². The Morgan fingerprint density at radius 1 is 1.00 bits per heavy atom. The third-order valence-electron chi connectivity index (χ3n) is 6.63. The first kappa shape index (κ1) is 24.5. The molecule has 1 fully saturated rings. The predicted molar refractivity (Wildman–Crippen MR) is 142 cm³/mol. The summed E-state index contributed by atoms with van der Waals surface area (Å²) in [6, 6.07) is 18.4. The zero-order valence-electron chi connectivity index (χ0n) is 20.2. The maximum absolute atomic E-state index is 9.45. The molecule has 5 rings (SSSR count). The minimum atomic E-state index is -0.310. The maximum atomic E-state index is 9.45. The number of aromatic nitrogens is 2. The second kappa shape index (κ2) is 11.2. The first-order chi connectivity index (χ1) is 17.7. The molecule has 36 heavy (non-hydrogen) atoms. The van der Waals surface area contributed by atoms with Gasteiger partial charge in [0.25, 0.3) is 0 Å². The normalized spacial score (nSPS) is 14.1. The summed E-state index contributed by atoms with van der Waals surface area (Å²) in [4.78, 5) is 8.96. The molecular formula is C29H29ClN4O2.